The molecule has 1 fully saturated rings. The Hall–Kier alpha value is -4.30. The Balaban J connectivity index is 1.66. The third-order valence-electron chi connectivity index (χ3n) is 7.84. The molecule has 3 aromatic rings. The first kappa shape index (κ1) is 32.6. The monoisotopic (exact) mass is 600 g/mol. The Morgan fingerprint density at radius 2 is 1.68 bits per heavy atom. The molecule has 8 heteroatoms. The number of hydrogen-bond acceptors (Lipinski definition) is 7. The average Bonchev–Trinajstić information content (AvgIpc) is 3.27. The lowest BCUT2D eigenvalue weighted by atomic mass is 9.95. The highest BCUT2D eigenvalue weighted by molar-refractivity contribution is 6.46. The number of benzene rings is 3. The molecular formula is C36H44N2O6. The molecule has 1 saturated heterocycles. The van der Waals surface area contributed by atoms with Crippen LogP contribution in [0.1, 0.15) is 60.9 Å². The summed E-state index contributed by atoms with van der Waals surface area (Å²) in [5.74, 6) is 0.159. The summed E-state index contributed by atoms with van der Waals surface area (Å²) in [4.78, 5) is 30.5. The molecule has 8 nitrogen and oxygen atoms in total. The number of amides is 1. The van der Waals surface area contributed by atoms with E-state index < -0.39 is 17.7 Å². The highest BCUT2D eigenvalue weighted by Crippen LogP contribution is 2.42. The first-order chi connectivity index (χ1) is 21.2. The van der Waals surface area contributed by atoms with Gasteiger partial charge in [0.05, 0.1) is 25.3 Å². The van der Waals surface area contributed by atoms with Gasteiger partial charge in [-0.25, -0.2) is 0 Å². The summed E-state index contributed by atoms with van der Waals surface area (Å²) in [6, 6.07) is 19.6. The number of Topliss-reactive ketones (excluding diaryl/α,β-unsaturated/α-hetero) is 1. The van der Waals surface area contributed by atoms with E-state index in [2.05, 4.69) is 6.92 Å². The normalized spacial score (nSPS) is 16.0. The van der Waals surface area contributed by atoms with Crippen molar-refractivity contribution in [3.8, 4) is 17.2 Å². The van der Waals surface area contributed by atoms with Gasteiger partial charge in [0.1, 0.15) is 18.1 Å². The smallest absolute Gasteiger partial charge is 0.295 e. The Morgan fingerprint density at radius 1 is 0.932 bits per heavy atom. The number of carbonyl (C=O) groups is 2. The van der Waals surface area contributed by atoms with Crippen LogP contribution in [0.3, 0.4) is 0 Å². The van der Waals surface area contributed by atoms with Crippen molar-refractivity contribution in [2.24, 2.45) is 0 Å². The first-order valence-electron chi connectivity index (χ1n) is 15.3. The van der Waals surface area contributed by atoms with Gasteiger partial charge in [-0.15, -0.1) is 0 Å². The van der Waals surface area contributed by atoms with Crippen LogP contribution in [0.4, 0.5) is 0 Å². The number of methoxy groups -OCH3 is 1. The van der Waals surface area contributed by atoms with Crippen molar-refractivity contribution in [3.63, 3.8) is 0 Å². The summed E-state index contributed by atoms with van der Waals surface area (Å²) in [5.41, 5.74) is 3.36. The van der Waals surface area contributed by atoms with E-state index in [1.54, 1.807) is 48.4 Å². The third kappa shape index (κ3) is 7.80. The van der Waals surface area contributed by atoms with E-state index in [-0.39, 0.29) is 11.3 Å². The lowest BCUT2D eigenvalue weighted by Gasteiger charge is -2.26. The number of nitrogens with zero attached hydrogens (tertiary/aromatic N) is 2. The van der Waals surface area contributed by atoms with Gasteiger partial charge in [0.15, 0.2) is 11.5 Å². The Morgan fingerprint density at radius 3 is 2.36 bits per heavy atom. The molecular weight excluding hydrogens is 556 g/mol. The number of unbranched alkanes of at least 4 members (excludes halogenated alkanes) is 2. The fourth-order valence-electron chi connectivity index (χ4n) is 5.32. The number of aliphatic hydroxyl groups is 1. The molecule has 1 N–H and O–H groups in total. The maximum Gasteiger partial charge on any atom is 0.295 e. The molecule has 0 bridgehead atoms. The molecule has 1 heterocycles. The minimum atomic E-state index is -0.780. The fourth-order valence-corrected chi connectivity index (χ4v) is 5.32. The number of carbonyl (C=O) groups excluding carboxylic acids is 2. The molecule has 0 aromatic heterocycles. The van der Waals surface area contributed by atoms with Crippen LogP contribution in [0.5, 0.6) is 17.2 Å². The largest absolute Gasteiger partial charge is 0.507 e. The highest BCUT2D eigenvalue weighted by Gasteiger charge is 2.46. The molecule has 0 saturated carbocycles. The highest BCUT2D eigenvalue weighted by atomic mass is 16.5. The number of ether oxygens (including phenoxy) is 3. The van der Waals surface area contributed by atoms with E-state index in [0.717, 1.165) is 36.9 Å². The zero-order chi connectivity index (χ0) is 31.6. The average molecular weight is 601 g/mol. The summed E-state index contributed by atoms with van der Waals surface area (Å²) < 4.78 is 17.6. The predicted octanol–water partition coefficient (Wildman–Crippen LogP) is 6.53. The molecule has 1 atom stereocenters. The fraction of sp³-hybridized carbons (Fsp3) is 0.389. The number of aryl methyl sites for hydroxylation is 1. The molecule has 234 valence electrons. The van der Waals surface area contributed by atoms with E-state index in [1.165, 1.54) is 0 Å². The molecule has 1 aliphatic rings. The molecule has 0 spiro atoms. The molecule has 3 aromatic carbocycles. The van der Waals surface area contributed by atoms with Gasteiger partial charge in [-0.3, -0.25) is 9.59 Å². The van der Waals surface area contributed by atoms with Crippen LogP contribution >= 0.6 is 0 Å². The quantitative estimate of drug-likeness (QED) is 0.0919. The second-order valence-corrected chi connectivity index (χ2v) is 11.4. The van der Waals surface area contributed by atoms with Crippen molar-refractivity contribution in [1.29, 1.82) is 0 Å². The van der Waals surface area contributed by atoms with Gasteiger partial charge >= 0.3 is 0 Å². The van der Waals surface area contributed by atoms with Crippen molar-refractivity contribution in [2.75, 3.05) is 40.9 Å². The van der Waals surface area contributed by atoms with Crippen LogP contribution < -0.4 is 14.2 Å². The van der Waals surface area contributed by atoms with Crippen LogP contribution in [0.25, 0.3) is 5.76 Å². The summed E-state index contributed by atoms with van der Waals surface area (Å²) in [5, 5.41) is 11.5. The van der Waals surface area contributed by atoms with Crippen LogP contribution in [0.2, 0.25) is 0 Å². The van der Waals surface area contributed by atoms with Crippen LogP contribution in [-0.2, 0) is 16.2 Å². The predicted molar refractivity (Wildman–Crippen MR) is 172 cm³/mol. The van der Waals surface area contributed by atoms with Crippen molar-refractivity contribution >= 4 is 17.4 Å². The van der Waals surface area contributed by atoms with Gasteiger partial charge in [-0.1, -0.05) is 50.1 Å². The number of hydrogen-bond donors (Lipinski definition) is 1. The van der Waals surface area contributed by atoms with Gasteiger partial charge in [-0.2, -0.15) is 0 Å². The first-order valence-corrected chi connectivity index (χ1v) is 15.3. The molecule has 44 heavy (non-hydrogen) atoms. The standard InChI is InChI=1S/C36H44N2O6/c1-6-7-10-22-43-30-19-16-27(23-31(30)42-5)33-32(35(40)36(41)38(33)21-11-20-37(3)4)34(39)26-14-17-29(18-15-26)44-24-28-13-9-8-12-25(28)2/h8-9,12-19,23,33,39H,6-7,10-11,20-22,24H2,1-5H3/b34-32+. The molecule has 1 aliphatic heterocycles. The lowest BCUT2D eigenvalue weighted by Crippen LogP contribution is -2.32. The Bertz CT molecular complexity index is 1460. The number of rotatable bonds is 15. The lowest BCUT2D eigenvalue weighted by molar-refractivity contribution is -0.139. The van der Waals surface area contributed by atoms with Crippen LogP contribution in [0, 0.1) is 6.92 Å². The van der Waals surface area contributed by atoms with Crippen LogP contribution in [-0.4, -0.2) is 67.5 Å². The zero-order valence-corrected chi connectivity index (χ0v) is 26.5. The number of ketones is 1. The topological polar surface area (TPSA) is 88.5 Å². The number of likely N-dealkylation sites (tertiary alicyclic amines) is 1. The second-order valence-electron chi connectivity index (χ2n) is 11.4. The van der Waals surface area contributed by atoms with E-state index in [0.29, 0.717) is 54.6 Å². The summed E-state index contributed by atoms with van der Waals surface area (Å²) in [6.45, 7) is 6.25. The Labute approximate surface area is 260 Å². The van der Waals surface area contributed by atoms with E-state index in [1.807, 2.05) is 56.3 Å². The third-order valence-corrected chi connectivity index (χ3v) is 7.84. The van der Waals surface area contributed by atoms with Crippen molar-refractivity contribution in [3.05, 3.63) is 94.6 Å². The summed E-state index contributed by atoms with van der Waals surface area (Å²) in [6.07, 6.45) is 3.76. The van der Waals surface area contributed by atoms with Gasteiger partial charge in [0.2, 0.25) is 0 Å². The van der Waals surface area contributed by atoms with E-state index in [9.17, 15) is 14.7 Å². The minimum absolute atomic E-state index is 0.0482. The molecule has 0 aliphatic carbocycles. The van der Waals surface area contributed by atoms with Gasteiger partial charge in [0.25, 0.3) is 11.7 Å². The molecule has 1 unspecified atom stereocenters. The molecule has 4 rings (SSSR count). The van der Waals surface area contributed by atoms with Crippen molar-refractivity contribution < 1.29 is 28.9 Å². The van der Waals surface area contributed by atoms with Crippen molar-refractivity contribution in [1.82, 2.24) is 9.80 Å². The maximum atomic E-state index is 13.5. The maximum absolute atomic E-state index is 13.5. The molecule has 1 amide bonds. The molecule has 0 radical (unpaired) electrons. The van der Waals surface area contributed by atoms with E-state index >= 15 is 0 Å². The van der Waals surface area contributed by atoms with Crippen LogP contribution in [0.15, 0.2) is 72.3 Å². The van der Waals surface area contributed by atoms with E-state index in [4.69, 9.17) is 14.2 Å². The summed E-state index contributed by atoms with van der Waals surface area (Å²) in [7, 11) is 5.49. The van der Waals surface area contributed by atoms with Crippen molar-refractivity contribution in [2.45, 2.75) is 52.2 Å². The Kier molecular flexibility index (Phi) is 11.4. The van der Waals surface area contributed by atoms with Gasteiger partial charge in [0, 0.05) is 12.1 Å². The zero-order valence-electron chi connectivity index (χ0n) is 26.5. The van der Waals surface area contributed by atoms with Gasteiger partial charge < -0.3 is 29.1 Å². The number of aliphatic hydroxyl groups excluding tert-OH is 1. The summed E-state index contributed by atoms with van der Waals surface area (Å²) >= 11 is 0. The second kappa shape index (κ2) is 15.4. The SMILES string of the molecule is CCCCCOc1ccc(C2/C(=C(\O)c3ccc(OCc4ccccc4C)cc3)C(=O)C(=O)N2CCCN(C)C)cc1OC. The minimum Gasteiger partial charge on any atom is -0.507 e. The van der Waals surface area contributed by atoms with Gasteiger partial charge in [-0.05, 0) is 93.5 Å².